The van der Waals surface area contributed by atoms with E-state index in [9.17, 15) is 0 Å². The van der Waals surface area contributed by atoms with Crippen LogP contribution >= 0.6 is 0 Å². The maximum Gasteiger partial charge on any atom is 0.0388 e. The Kier molecular flexibility index (Phi) is 7.41. The molecule has 0 bridgehead atoms. The molecule has 0 aromatic rings. The Morgan fingerprint density at radius 2 is 1.94 bits per heavy atom. The topological polar surface area (TPSA) is 52.0 Å². The number of terminal acetylenes is 1. The van der Waals surface area contributed by atoms with E-state index in [2.05, 4.69) is 32.8 Å². The first-order chi connectivity index (χ1) is 7.90. The van der Waals surface area contributed by atoms with Crippen LogP contribution in [-0.4, -0.2) is 6.04 Å². The standard InChI is InChI=1S/C15H26N2/c1-6-14(15(17)7-11(2)3)9-12(4)8-13(5)10-16/h1,8,10-11,14-15H,7,9,16-17H2,2-5H3/b12-8-,13-10-. The first kappa shape index (κ1) is 15.8. The van der Waals surface area contributed by atoms with Gasteiger partial charge in [0.05, 0.1) is 0 Å². The fourth-order valence-electron chi connectivity index (χ4n) is 1.89. The molecular weight excluding hydrogens is 208 g/mol. The second-order valence-corrected chi connectivity index (χ2v) is 5.17. The molecule has 0 fully saturated rings. The lowest BCUT2D eigenvalue weighted by molar-refractivity contribution is 0.419. The van der Waals surface area contributed by atoms with Gasteiger partial charge in [-0.25, -0.2) is 0 Å². The lowest BCUT2D eigenvalue weighted by Crippen LogP contribution is -2.30. The summed E-state index contributed by atoms with van der Waals surface area (Å²) in [6.45, 7) is 8.37. The largest absolute Gasteiger partial charge is 0.404 e. The quantitative estimate of drug-likeness (QED) is 0.548. The van der Waals surface area contributed by atoms with Crippen molar-refractivity contribution in [3.8, 4) is 12.3 Å². The molecule has 0 heterocycles. The molecule has 0 aliphatic carbocycles. The Balaban J connectivity index is 4.51. The highest BCUT2D eigenvalue weighted by molar-refractivity contribution is 5.21. The fraction of sp³-hybridized carbons (Fsp3) is 0.600. The summed E-state index contributed by atoms with van der Waals surface area (Å²) < 4.78 is 0. The zero-order valence-corrected chi connectivity index (χ0v) is 11.5. The maximum absolute atomic E-state index is 6.13. The fourth-order valence-corrected chi connectivity index (χ4v) is 1.89. The van der Waals surface area contributed by atoms with Gasteiger partial charge in [-0.3, -0.25) is 0 Å². The summed E-state index contributed by atoms with van der Waals surface area (Å²) in [5.41, 5.74) is 13.8. The second-order valence-electron chi connectivity index (χ2n) is 5.17. The van der Waals surface area contributed by atoms with Crippen molar-refractivity contribution in [3.05, 3.63) is 23.4 Å². The highest BCUT2D eigenvalue weighted by Crippen LogP contribution is 2.19. The van der Waals surface area contributed by atoms with Crippen molar-refractivity contribution < 1.29 is 0 Å². The van der Waals surface area contributed by atoms with Gasteiger partial charge in [0, 0.05) is 12.0 Å². The number of hydrogen-bond acceptors (Lipinski definition) is 2. The van der Waals surface area contributed by atoms with Gasteiger partial charge < -0.3 is 11.5 Å². The average molecular weight is 234 g/mol. The van der Waals surface area contributed by atoms with E-state index in [4.69, 9.17) is 17.9 Å². The Morgan fingerprint density at radius 3 is 2.35 bits per heavy atom. The molecule has 96 valence electrons. The normalized spacial score (nSPS) is 16.8. The van der Waals surface area contributed by atoms with E-state index in [1.54, 1.807) is 6.20 Å². The molecule has 0 aromatic carbocycles. The summed E-state index contributed by atoms with van der Waals surface area (Å²) in [5.74, 6) is 3.50. The van der Waals surface area contributed by atoms with Crippen LogP contribution in [0.3, 0.4) is 0 Å². The zero-order chi connectivity index (χ0) is 13.4. The molecule has 4 N–H and O–H groups in total. The highest BCUT2D eigenvalue weighted by atomic mass is 14.6. The van der Waals surface area contributed by atoms with Crippen molar-refractivity contribution in [1.29, 1.82) is 0 Å². The minimum absolute atomic E-state index is 0.0745. The van der Waals surface area contributed by atoms with Gasteiger partial charge in [-0.1, -0.05) is 25.5 Å². The van der Waals surface area contributed by atoms with E-state index in [1.807, 2.05) is 6.92 Å². The van der Waals surface area contributed by atoms with Crippen molar-refractivity contribution >= 4 is 0 Å². The van der Waals surface area contributed by atoms with Gasteiger partial charge in [-0.15, -0.1) is 12.3 Å². The molecule has 2 nitrogen and oxygen atoms in total. The van der Waals surface area contributed by atoms with Crippen molar-refractivity contribution in [1.82, 2.24) is 0 Å². The molecule has 0 saturated carbocycles. The van der Waals surface area contributed by atoms with E-state index in [0.717, 1.165) is 18.4 Å². The van der Waals surface area contributed by atoms with E-state index >= 15 is 0 Å². The van der Waals surface area contributed by atoms with Crippen LogP contribution in [-0.2, 0) is 0 Å². The van der Waals surface area contributed by atoms with Gasteiger partial charge in [-0.05, 0) is 44.4 Å². The monoisotopic (exact) mass is 234 g/mol. The van der Waals surface area contributed by atoms with Crippen molar-refractivity contribution in [2.45, 2.75) is 46.6 Å². The SMILES string of the molecule is C#CC(C/C(C)=C\C(C)=C/N)C(N)CC(C)C. The van der Waals surface area contributed by atoms with Gasteiger partial charge in [0.15, 0.2) is 0 Å². The lowest BCUT2D eigenvalue weighted by atomic mass is 9.88. The number of allylic oxidation sites excluding steroid dienone is 3. The van der Waals surface area contributed by atoms with E-state index in [-0.39, 0.29) is 12.0 Å². The minimum atomic E-state index is 0.0745. The molecule has 0 radical (unpaired) electrons. The molecule has 2 heteroatoms. The number of rotatable bonds is 6. The molecule has 0 amide bonds. The molecule has 0 aromatic heterocycles. The molecule has 2 unspecified atom stereocenters. The van der Waals surface area contributed by atoms with E-state index in [1.165, 1.54) is 5.57 Å². The van der Waals surface area contributed by atoms with Gasteiger partial charge in [0.2, 0.25) is 0 Å². The van der Waals surface area contributed by atoms with Crippen molar-refractivity contribution in [2.24, 2.45) is 23.3 Å². The summed E-state index contributed by atoms with van der Waals surface area (Å²) in [6, 6.07) is 0.0745. The minimum Gasteiger partial charge on any atom is -0.404 e. The van der Waals surface area contributed by atoms with Gasteiger partial charge in [-0.2, -0.15) is 0 Å². The third-order valence-corrected chi connectivity index (χ3v) is 2.75. The average Bonchev–Trinajstić information content (AvgIpc) is 2.24. The Bertz CT molecular complexity index is 318. The Morgan fingerprint density at radius 1 is 1.35 bits per heavy atom. The smallest absolute Gasteiger partial charge is 0.0388 e. The van der Waals surface area contributed by atoms with Crippen LogP contribution in [0.5, 0.6) is 0 Å². The van der Waals surface area contributed by atoms with Crippen LogP contribution in [0.15, 0.2) is 23.4 Å². The first-order valence-corrected chi connectivity index (χ1v) is 6.18. The Hall–Kier alpha value is -1.20. The Labute approximate surface area is 106 Å². The van der Waals surface area contributed by atoms with E-state index in [0.29, 0.717) is 5.92 Å². The van der Waals surface area contributed by atoms with Gasteiger partial charge in [0.25, 0.3) is 0 Å². The van der Waals surface area contributed by atoms with E-state index < -0.39 is 0 Å². The molecular formula is C15H26N2. The summed E-state index contributed by atoms with van der Waals surface area (Å²) in [5, 5.41) is 0. The predicted octanol–water partition coefficient (Wildman–Crippen LogP) is 2.81. The lowest BCUT2D eigenvalue weighted by Gasteiger charge is -2.21. The molecule has 0 aliphatic heterocycles. The molecule has 0 spiro atoms. The molecule has 0 rings (SSSR count). The predicted molar refractivity (Wildman–Crippen MR) is 76.1 cm³/mol. The number of nitrogens with two attached hydrogens (primary N) is 2. The van der Waals surface area contributed by atoms with Crippen LogP contribution in [0.4, 0.5) is 0 Å². The molecule has 0 saturated heterocycles. The summed E-state index contributed by atoms with van der Waals surface area (Å²) in [7, 11) is 0. The highest BCUT2D eigenvalue weighted by Gasteiger charge is 2.16. The molecule has 0 aliphatic rings. The van der Waals surface area contributed by atoms with Crippen LogP contribution in [0, 0.1) is 24.2 Å². The maximum atomic E-state index is 6.13. The molecule has 2 atom stereocenters. The zero-order valence-electron chi connectivity index (χ0n) is 11.5. The van der Waals surface area contributed by atoms with Crippen molar-refractivity contribution in [3.63, 3.8) is 0 Å². The van der Waals surface area contributed by atoms with Crippen LogP contribution < -0.4 is 11.5 Å². The summed E-state index contributed by atoms with van der Waals surface area (Å²) >= 11 is 0. The second kappa shape index (κ2) is 7.97. The molecule has 17 heavy (non-hydrogen) atoms. The van der Waals surface area contributed by atoms with Crippen LogP contribution in [0.1, 0.15) is 40.5 Å². The van der Waals surface area contributed by atoms with Crippen LogP contribution in [0.2, 0.25) is 0 Å². The summed E-state index contributed by atoms with van der Waals surface area (Å²) in [6.07, 6.45) is 11.0. The van der Waals surface area contributed by atoms with Crippen molar-refractivity contribution in [2.75, 3.05) is 0 Å². The third kappa shape index (κ3) is 6.86. The summed E-state index contributed by atoms with van der Waals surface area (Å²) in [4.78, 5) is 0. The third-order valence-electron chi connectivity index (χ3n) is 2.75. The first-order valence-electron chi connectivity index (χ1n) is 6.18. The van der Waals surface area contributed by atoms with Crippen LogP contribution in [0.25, 0.3) is 0 Å². The van der Waals surface area contributed by atoms with Gasteiger partial charge >= 0.3 is 0 Å². The number of hydrogen-bond donors (Lipinski definition) is 2. The van der Waals surface area contributed by atoms with Gasteiger partial charge in [0.1, 0.15) is 0 Å².